The molecule has 0 fully saturated rings. The zero-order valence-electron chi connectivity index (χ0n) is 18.2. The van der Waals surface area contributed by atoms with Crippen molar-refractivity contribution in [1.82, 2.24) is 0 Å². The van der Waals surface area contributed by atoms with Crippen molar-refractivity contribution in [2.24, 2.45) is 0 Å². The molecule has 0 N–H and O–H groups in total. The summed E-state index contributed by atoms with van der Waals surface area (Å²) < 4.78 is 5.47. The first kappa shape index (κ1) is 22.0. The molecule has 0 saturated heterocycles. The number of hydrogen-bond acceptors (Lipinski definition) is 2. The van der Waals surface area contributed by atoms with Crippen molar-refractivity contribution in [2.45, 2.75) is 19.3 Å². The summed E-state index contributed by atoms with van der Waals surface area (Å²) in [6.07, 6.45) is 3.25. The Balaban J connectivity index is 1.57. The van der Waals surface area contributed by atoms with Crippen LogP contribution in [-0.4, -0.2) is 12.1 Å². The molecule has 3 heteroatoms. The Kier molecular flexibility index (Phi) is 7.48. The van der Waals surface area contributed by atoms with Crippen molar-refractivity contribution in [2.75, 3.05) is 6.16 Å². The topological polar surface area (TPSA) is 26.3 Å². The molecule has 4 rings (SSSR count). The maximum absolute atomic E-state index is 12.3. The molecule has 0 atom stereocenters. The van der Waals surface area contributed by atoms with E-state index in [0.717, 1.165) is 19.0 Å². The van der Waals surface area contributed by atoms with E-state index in [1.54, 1.807) is 0 Å². The van der Waals surface area contributed by atoms with Gasteiger partial charge in [0.1, 0.15) is 0 Å². The summed E-state index contributed by atoms with van der Waals surface area (Å²) in [5.41, 5.74) is 0. The molecule has 0 aliphatic carbocycles. The summed E-state index contributed by atoms with van der Waals surface area (Å²) >= 11 is 0. The van der Waals surface area contributed by atoms with Crippen LogP contribution in [0.15, 0.2) is 121 Å². The van der Waals surface area contributed by atoms with Gasteiger partial charge in [-0.3, -0.25) is 0 Å². The van der Waals surface area contributed by atoms with Crippen LogP contribution in [0.4, 0.5) is 0 Å². The quantitative estimate of drug-likeness (QED) is 0.149. The Morgan fingerprint density at radius 3 is 1.41 bits per heavy atom. The van der Waals surface area contributed by atoms with Crippen molar-refractivity contribution < 1.29 is 9.53 Å². The van der Waals surface area contributed by atoms with Gasteiger partial charge in [0.05, 0.1) is 0 Å². The fourth-order valence-corrected chi connectivity index (χ4v) is 9.36. The maximum atomic E-state index is 12.3. The molecule has 0 aliphatic heterocycles. The van der Waals surface area contributed by atoms with Gasteiger partial charge in [-0.2, -0.15) is 0 Å². The monoisotopic (exact) mass is 440 g/mol. The number of benzene rings is 4. The molecule has 0 saturated carbocycles. The number of para-hydroxylation sites is 1. The van der Waals surface area contributed by atoms with Gasteiger partial charge in [-0.15, -0.1) is 0 Å². The normalized spacial score (nSPS) is 11.6. The summed E-state index contributed by atoms with van der Waals surface area (Å²) in [5, 5.41) is 4.22. The fourth-order valence-electron chi connectivity index (χ4n) is 4.43. The van der Waals surface area contributed by atoms with Gasteiger partial charge in [-0.25, -0.2) is 0 Å². The molecule has 2 nitrogen and oxygen atoms in total. The van der Waals surface area contributed by atoms with Gasteiger partial charge < -0.3 is 0 Å². The molecule has 0 aromatic heterocycles. The average Bonchev–Trinajstić information content (AvgIpc) is 2.86. The summed E-state index contributed by atoms with van der Waals surface area (Å²) in [6.45, 7) is 0. The van der Waals surface area contributed by atoms with Crippen LogP contribution in [0.2, 0.25) is 0 Å². The first-order valence-corrected chi connectivity index (χ1v) is 13.4. The second kappa shape index (κ2) is 10.9. The van der Waals surface area contributed by atoms with Crippen molar-refractivity contribution in [3.8, 4) is 5.75 Å². The number of hydrogen-bond donors (Lipinski definition) is 0. The first-order valence-electron chi connectivity index (χ1n) is 11.2. The van der Waals surface area contributed by atoms with E-state index in [2.05, 4.69) is 91.0 Å². The first-order chi connectivity index (χ1) is 15.8. The Morgan fingerprint density at radius 2 is 0.969 bits per heavy atom. The van der Waals surface area contributed by atoms with Gasteiger partial charge in [0, 0.05) is 0 Å². The van der Waals surface area contributed by atoms with Crippen LogP contribution in [0.5, 0.6) is 5.75 Å². The van der Waals surface area contributed by atoms with Crippen molar-refractivity contribution in [1.29, 1.82) is 0 Å². The summed E-state index contributed by atoms with van der Waals surface area (Å²) in [6, 6.07) is 42.0. The predicted octanol–water partition coefficient (Wildman–Crippen LogP) is 5.49. The van der Waals surface area contributed by atoms with Crippen molar-refractivity contribution >= 4 is 29.1 Å². The summed E-state index contributed by atoms with van der Waals surface area (Å²) in [5.74, 6) is 0.446. The molecule has 0 aliphatic rings. The number of ether oxygens (including phenoxy) is 1. The van der Waals surface area contributed by atoms with Crippen molar-refractivity contribution in [3.05, 3.63) is 121 Å². The Bertz CT molecular complexity index is 1000. The SMILES string of the molecule is O=C(CCCC[PH](c1ccccc1)(c1ccccc1)c1ccccc1)Oc1ccccc1. The van der Waals surface area contributed by atoms with E-state index in [0.29, 0.717) is 12.2 Å². The van der Waals surface area contributed by atoms with Crippen LogP contribution < -0.4 is 20.7 Å². The number of esters is 1. The second-order valence-electron chi connectivity index (χ2n) is 8.00. The van der Waals surface area contributed by atoms with Gasteiger partial charge in [-0.05, 0) is 0 Å². The standard InChI is InChI=1S/C29H29O2P/c30-29(31-25-15-5-1-6-16-25)23-13-14-24-32(26-17-7-2-8-18-26,27-19-9-3-10-20-27)28-21-11-4-12-22-28/h1-12,15-22,32H,13-14,23-24H2. The Hall–Kier alpha value is -3.22. The second-order valence-corrected chi connectivity index (χ2v) is 12.0. The molecule has 4 aromatic rings. The molecule has 162 valence electrons. The number of carbonyl (C=O) groups is 1. The molecular formula is C29H29O2P. The molecule has 0 bridgehead atoms. The van der Waals surface area contributed by atoms with E-state index in [-0.39, 0.29) is 5.97 Å². The molecular weight excluding hydrogens is 411 g/mol. The molecule has 0 radical (unpaired) electrons. The molecule has 0 spiro atoms. The zero-order chi connectivity index (χ0) is 22.1. The molecule has 0 heterocycles. The number of unbranched alkanes of at least 4 members (excludes halogenated alkanes) is 1. The predicted molar refractivity (Wildman–Crippen MR) is 137 cm³/mol. The van der Waals surface area contributed by atoms with Gasteiger partial charge in [0.15, 0.2) is 0 Å². The Morgan fingerprint density at radius 1 is 0.562 bits per heavy atom. The number of rotatable bonds is 9. The fraction of sp³-hybridized carbons (Fsp3) is 0.138. The van der Waals surface area contributed by atoms with Gasteiger partial charge >= 0.3 is 191 Å². The van der Waals surface area contributed by atoms with E-state index in [1.807, 2.05) is 30.3 Å². The van der Waals surface area contributed by atoms with E-state index >= 15 is 0 Å². The van der Waals surface area contributed by atoms with Crippen LogP contribution in [0.1, 0.15) is 19.3 Å². The van der Waals surface area contributed by atoms with E-state index in [9.17, 15) is 4.79 Å². The van der Waals surface area contributed by atoms with Crippen LogP contribution in [-0.2, 0) is 4.79 Å². The summed E-state index contributed by atoms with van der Waals surface area (Å²) in [7, 11) is -2.22. The number of carbonyl (C=O) groups excluding carboxylic acids is 1. The van der Waals surface area contributed by atoms with E-state index < -0.39 is 7.26 Å². The van der Waals surface area contributed by atoms with Crippen molar-refractivity contribution in [3.63, 3.8) is 0 Å². The van der Waals surface area contributed by atoms with Gasteiger partial charge in [0.25, 0.3) is 0 Å². The van der Waals surface area contributed by atoms with E-state index in [1.165, 1.54) is 15.9 Å². The zero-order valence-corrected chi connectivity index (χ0v) is 19.2. The van der Waals surface area contributed by atoms with Crippen LogP contribution in [0, 0.1) is 0 Å². The summed E-state index contributed by atoms with van der Waals surface area (Å²) in [4.78, 5) is 12.3. The Labute approximate surface area is 191 Å². The molecule has 0 amide bonds. The minimum atomic E-state index is -2.22. The molecule has 4 aromatic carbocycles. The average molecular weight is 441 g/mol. The third-order valence-corrected chi connectivity index (χ3v) is 11.0. The van der Waals surface area contributed by atoms with E-state index in [4.69, 9.17) is 4.74 Å². The minimum absolute atomic E-state index is 0.164. The third-order valence-electron chi connectivity index (χ3n) is 5.96. The molecule has 0 unspecified atom stereocenters. The van der Waals surface area contributed by atoms with Gasteiger partial charge in [0.2, 0.25) is 0 Å². The third kappa shape index (κ3) is 5.15. The van der Waals surface area contributed by atoms with Gasteiger partial charge in [-0.1, -0.05) is 0 Å². The van der Waals surface area contributed by atoms with Crippen LogP contribution in [0.25, 0.3) is 0 Å². The van der Waals surface area contributed by atoms with Crippen LogP contribution >= 0.6 is 7.26 Å². The molecule has 32 heavy (non-hydrogen) atoms. The van der Waals surface area contributed by atoms with Crippen LogP contribution in [0.3, 0.4) is 0 Å².